The quantitative estimate of drug-likeness (QED) is 0.702. The van der Waals surface area contributed by atoms with Gasteiger partial charge in [0.25, 0.3) is 0 Å². The maximum Gasteiger partial charge on any atom is 0.0757 e. The minimum atomic E-state index is 0.0237. The van der Waals surface area contributed by atoms with Gasteiger partial charge in [-0.3, -0.25) is 4.90 Å². The number of hydrogen-bond donors (Lipinski definition) is 1. The zero-order valence-corrected chi connectivity index (χ0v) is 10.7. The molecule has 15 heavy (non-hydrogen) atoms. The van der Waals surface area contributed by atoms with E-state index in [2.05, 4.69) is 37.9 Å². The van der Waals surface area contributed by atoms with Crippen molar-refractivity contribution in [1.29, 1.82) is 0 Å². The zero-order chi connectivity index (χ0) is 11.3. The van der Waals surface area contributed by atoms with Gasteiger partial charge in [-0.05, 0) is 46.8 Å². The molecule has 1 fully saturated rings. The summed E-state index contributed by atoms with van der Waals surface area (Å²) in [5.41, 5.74) is 0.0237. The zero-order valence-electron chi connectivity index (χ0n) is 10.7. The molecule has 1 rings (SSSR count). The molecule has 1 heterocycles. The van der Waals surface area contributed by atoms with Crippen molar-refractivity contribution in [2.45, 2.75) is 45.8 Å². The van der Waals surface area contributed by atoms with Crippen molar-refractivity contribution in [3.63, 3.8) is 0 Å². The number of morpholine rings is 1. The van der Waals surface area contributed by atoms with E-state index in [1.807, 2.05) is 0 Å². The number of nitrogens with one attached hydrogen (secondary N) is 1. The van der Waals surface area contributed by atoms with Crippen LogP contribution in [0.15, 0.2) is 0 Å². The molecule has 0 bridgehead atoms. The van der Waals surface area contributed by atoms with Gasteiger partial charge in [-0.1, -0.05) is 6.92 Å². The average molecular weight is 214 g/mol. The minimum absolute atomic E-state index is 0.0237. The maximum absolute atomic E-state index is 5.87. The lowest BCUT2D eigenvalue weighted by molar-refractivity contribution is -0.128. The summed E-state index contributed by atoms with van der Waals surface area (Å²) in [6.45, 7) is 14.2. The Kier molecular flexibility index (Phi) is 5.03. The molecule has 1 N–H and O–H groups in total. The Morgan fingerprint density at radius 1 is 1.47 bits per heavy atom. The first-order valence-electron chi connectivity index (χ1n) is 6.14. The first-order valence-corrected chi connectivity index (χ1v) is 6.14. The fraction of sp³-hybridized carbons (Fsp3) is 1.00. The van der Waals surface area contributed by atoms with Gasteiger partial charge < -0.3 is 10.1 Å². The lowest BCUT2D eigenvalue weighted by Crippen LogP contribution is -2.52. The third-order valence-electron chi connectivity index (χ3n) is 2.72. The van der Waals surface area contributed by atoms with Crippen molar-refractivity contribution in [2.24, 2.45) is 0 Å². The van der Waals surface area contributed by atoms with Crippen molar-refractivity contribution in [3.8, 4) is 0 Å². The molecule has 0 radical (unpaired) electrons. The summed E-state index contributed by atoms with van der Waals surface area (Å²) in [6, 6.07) is 0. The van der Waals surface area contributed by atoms with Crippen LogP contribution in [0.4, 0.5) is 0 Å². The molecule has 1 aliphatic heterocycles. The van der Waals surface area contributed by atoms with Crippen LogP contribution >= 0.6 is 0 Å². The number of hydrogen-bond acceptors (Lipinski definition) is 3. The van der Waals surface area contributed by atoms with E-state index in [4.69, 9.17) is 4.74 Å². The van der Waals surface area contributed by atoms with Crippen LogP contribution in [0.2, 0.25) is 0 Å². The topological polar surface area (TPSA) is 24.5 Å². The Morgan fingerprint density at radius 2 is 2.20 bits per heavy atom. The highest BCUT2D eigenvalue weighted by Crippen LogP contribution is 2.20. The second-order valence-electron chi connectivity index (χ2n) is 5.13. The van der Waals surface area contributed by atoms with Crippen LogP contribution in [-0.2, 0) is 4.74 Å². The van der Waals surface area contributed by atoms with E-state index < -0.39 is 0 Å². The molecule has 90 valence electrons. The third kappa shape index (κ3) is 4.96. The van der Waals surface area contributed by atoms with Gasteiger partial charge in [-0.2, -0.15) is 0 Å². The Balaban J connectivity index is 2.23. The van der Waals surface area contributed by atoms with Gasteiger partial charge in [0.2, 0.25) is 0 Å². The van der Waals surface area contributed by atoms with Gasteiger partial charge >= 0.3 is 0 Å². The van der Waals surface area contributed by atoms with Crippen molar-refractivity contribution in [1.82, 2.24) is 10.2 Å². The average Bonchev–Trinajstić information content (AvgIpc) is 2.09. The van der Waals surface area contributed by atoms with Crippen LogP contribution in [0.1, 0.15) is 34.1 Å². The fourth-order valence-corrected chi connectivity index (χ4v) is 2.36. The molecule has 0 aromatic rings. The van der Waals surface area contributed by atoms with Crippen molar-refractivity contribution in [3.05, 3.63) is 0 Å². The standard InChI is InChI=1S/C12H26N2O/c1-5-13-7-6-8-14-9-11(2)15-12(3,4)10-14/h11,13H,5-10H2,1-4H3. The summed E-state index contributed by atoms with van der Waals surface area (Å²) < 4.78 is 5.87. The van der Waals surface area contributed by atoms with E-state index in [1.165, 1.54) is 13.0 Å². The van der Waals surface area contributed by atoms with Gasteiger partial charge in [0.1, 0.15) is 0 Å². The molecule has 0 saturated carbocycles. The van der Waals surface area contributed by atoms with Crippen molar-refractivity contribution < 1.29 is 4.74 Å². The second kappa shape index (κ2) is 5.83. The second-order valence-corrected chi connectivity index (χ2v) is 5.13. The van der Waals surface area contributed by atoms with Gasteiger partial charge in [0.15, 0.2) is 0 Å². The van der Waals surface area contributed by atoms with Crippen LogP contribution in [0.25, 0.3) is 0 Å². The van der Waals surface area contributed by atoms with Crippen LogP contribution in [-0.4, -0.2) is 49.3 Å². The van der Waals surface area contributed by atoms with Crippen LogP contribution in [0.5, 0.6) is 0 Å². The molecule has 1 aliphatic rings. The van der Waals surface area contributed by atoms with E-state index >= 15 is 0 Å². The monoisotopic (exact) mass is 214 g/mol. The summed E-state index contributed by atoms with van der Waals surface area (Å²) in [4.78, 5) is 2.52. The molecule has 0 aromatic heterocycles. The first-order chi connectivity index (χ1) is 7.03. The molecule has 1 atom stereocenters. The molecule has 0 aliphatic carbocycles. The van der Waals surface area contributed by atoms with E-state index in [0.717, 1.165) is 26.2 Å². The molecular formula is C12H26N2O. The Morgan fingerprint density at radius 3 is 2.80 bits per heavy atom. The minimum Gasteiger partial charge on any atom is -0.370 e. The third-order valence-corrected chi connectivity index (χ3v) is 2.72. The van der Waals surface area contributed by atoms with Crippen LogP contribution < -0.4 is 5.32 Å². The van der Waals surface area contributed by atoms with Gasteiger partial charge in [0, 0.05) is 13.1 Å². The van der Waals surface area contributed by atoms with E-state index in [-0.39, 0.29) is 5.60 Å². The molecule has 1 saturated heterocycles. The van der Waals surface area contributed by atoms with Crippen molar-refractivity contribution >= 4 is 0 Å². The number of ether oxygens (including phenoxy) is 1. The summed E-state index contributed by atoms with van der Waals surface area (Å²) in [5, 5.41) is 3.36. The number of rotatable bonds is 5. The van der Waals surface area contributed by atoms with Crippen LogP contribution in [0.3, 0.4) is 0 Å². The first kappa shape index (κ1) is 12.9. The molecule has 0 amide bonds. The highest BCUT2D eigenvalue weighted by atomic mass is 16.5. The van der Waals surface area contributed by atoms with E-state index in [0.29, 0.717) is 6.10 Å². The largest absolute Gasteiger partial charge is 0.370 e. The van der Waals surface area contributed by atoms with E-state index in [9.17, 15) is 0 Å². The van der Waals surface area contributed by atoms with Gasteiger partial charge in [0.05, 0.1) is 11.7 Å². The number of nitrogens with zero attached hydrogens (tertiary/aromatic N) is 1. The molecule has 3 nitrogen and oxygen atoms in total. The van der Waals surface area contributed by atoms with Crippen molar-refractivity contribution in [2.75, 3.05) is 32.7 Å². The van der Waals surface area contributed by atoms with Crippen LogP contribution in [0, 0.1) is 0 Å². The molecule has 0 spiro atoms. The predicted molar refractivity (Wildman–Crippen MR) is 64.2 cm³/mol. The highest BCUT2D eigenvalue weighted by Gasteiger charge is 2.30. The van der Waals surface area contributed by atoms with E-state index in [1.54, 1.807) is 0 Å². The molecule has 1 unspecified atom stereocenters. The lowest BCUT2D eigenvalue weighted by atomic mass is 10.1. The van der Waals surface area contributed by atoms with Gasteiger partial charge in [-0.15, -0.1) is 0 Å². The summed E-state index contributed by atoms with van der Waals surface area (Å²) in [5.74, 6) is 0. The van der Waals surface area contributed by atoms with Gasteiger partial charge in [-0.25, -0.2) is 0 Å². The smallest absolute Gasteiger partial charge is 0.0757 e. The summed E-state index contributed by atoms with van der Waals surface area (Å²) in [6.07, 6.45) is 1.60. The Hall–Kier alpha value is -0.120. The Bertz CT molecular complexity index is 182. The molecule has 0 aromatic carbocycles. The molecular weight excluding hydrogens is 188 g/mol. The summed E-state index contributed by atoms with van der Waals surface area (Å²) >= 11 is 0. The fourth-order valence-electron chi connectivity index (χ4n) is 2.36. The maximum atomic E-state index is 5.87. The lowest BCUT2D eigenvalue weighted by Gasteiger charge is -2.41. The predicted octanol–water partition coefficient (Wildman–Crippen LogP) is 1.49. The Labute approximate surface area is 94.2 Å². The normalized spacial score (nSPS) is 26.8. The highest BCUT2D eigenvalue weighted by molar-refractivity contribution is 4.82. The summed E-state index contributed by atoms with van der Waals surface area (Å²) in [7, 11) is 0. The SMILES string of the molecule is CCNCCCN1CC(C)OC(C)(C)C1. The molecule has 3 heteroatoms.